The fourth-order valence-electron chi connectivity index (χ4n) is 5.04. The smallest absolute Gasteiger partial charge is 0.249 e. The Hall–Kier alpha value is -2.89. The van der Waals surface area contributed by atoms with E-state index in [-0.39, 0.29) is 4.90 Å². The molecule has 11 heteroatoms. The van der Waals surface area contributed by atoms with Gasteiger partial charge in [0.05, 0.1) is 29.1 Å². The molecule has 1 amide bonds. The third kappa shape index (κ3) is 6.22. The molecular weight excluding hydrogens is 522 g/mol. The first-order chi connectivity index (χ1) is 18.3. The molecule has 0 unspecified atom stereocenters. The summed E-state index contributed by atoms with van der Waals surface area (Å²) >= 11 is 0.976. The summed E-state index contributed by atoms with van der Waals surface area (Å²) in [6.07, 6.45) is 3.47. The van der Waals surface area contributed by atoms with Gasteiger partial charge >= 0.3 is 0 Å². The van der Waals surface area contributed by atoms with E-state index in [0.717, 1.165) is 11.8 Å². The fourth-order valence-corrected chi connectivity index (χ4v) is 5.99. The first-order valence-electron chi connectivity index (χ1n) is 12.3. The van der Waals surface area contributed by atoms with Crippen molar-refractivity contribution in [2.45, 2.75) is 37.0 Å². The summed E-state index contributed by atoms with van der Waals surface area (Å²) < 4.78 is 60.9. The molecule has 1 aromatic heterocycles. The molecular formula is C27H29F4N3O3S. The predicted octanol–water partition coefficient (Wildman–Crippen LogP) is 5.50. The molecule has 6 nitrogen and oxygen atoms in total. The number of hydrogen-bond donors (Lipinski definition) is 2. The van der Waals surface area contributed by atoms with Gasteiger partial charge in [-0.2, -0.15) is 0 Å². The summed E-state index contributed by atoms with van der Waals surface area (Å²) in [5, 5.41) is 10.1. The van der Waals surface area contributed by atoms with Crippen molar-refractivity contribution in [3.63, 3.8) is 0 Å². The molecule has 2 heterocycles. The Kier molecular flexibility index (Phi) is 9.11. The highest BCUT2D eigenvalue weighted by molar-refractivity contribution is 7.99. The molecule has 38 heavy (non-hydrogen) atoms. The number of nitrogens with one attached hydrogen (secondary N) is 1. The van der Waals surface area contributed by atoms with Gasteiger partial charge in [-0.15, -0.1) is 11.8 Å². The number of piperidine rings is 1. The maximum Gasteiger partial charge on any atom is 0.249 e. The van der Waals surface area contributed by atoms with Gasteiger partial charge in [0.1, 0.15) is 29.0 Å². The number of thioether (sulfide) groups is 1. The molecule has 4 rings (SSSR count). The second kappa shape index (κ2) is 12.3. The number of carbonyl (C=O) groups is 1. The number of ether oxygens (including phenoxy) is 1. The highest BCUT2D eigenvalue weighted by Gasteiger charge is 2.40. The summed E-state index contributed by atoms with van der Waals surface area (Å²) in [4.78, 5) is 18.7. The molecule has 204 valence electrons. The van der Waals surface area contributed by atoms with Crippen LogP contribution in [0.4, 0.5) is 17.6 Å². The predicted molar refractivity (Wildman–Crippen MR) is 136 cm³/mol. The Morgan fingerprint density at radius 2 is 1.84 bits per heavy atom. The number of amides is 1. The largest absolute Gasteiger partial charge is 0.497 e. The Bertz CT molecular complexity index is 1280. The van der Waals surface area contributed by atoms with E-state index < -0.39 is 34.6 Å². The molecule has 0 spiro atoms. The van der Waals surface area contributed by atoms with Crippen LogP contribution in [0.1, 0.15) is 31.2 Å². The number of halogens is 4. The molecule has 3 aromatic rings. The summed E-state index contributed by atoms with van der Waals surface area (Å²) in [5.74, 6) is -2.73. The van der Waals surface area contributed by atoms with E-state index in [9.17, 15) is 27.6 Å². The number of rotatable bonds is 10. The van der Waals surface area contributed by atoms with E-state index in [1.807, 2.05) is 0 Å². The minimum atomic E-state index is -0.960. The molecule has 1 saturated heterocycles. The van der Waals surface area contributed by atoms with Gasteiger partial charge in [-0.25, -0.2) is 23.0 Å². The quantitative estimate of drug-likeness (QED) is 0.150. The molecule has 1 aliphatic rings. The number of aromatic nitrogens is 1. The second-order valence-electron chi connectivity index (χ2n) is 9.43. The fraction of sp³-hybridized carbons (Fsp3) is 0.407. The van der Waals surface area contributed by atoms with E-state index in [1.54, 1.807) is 23.7 Å². The summed E-state index contributed by atoms with van der Waals surface area (Å²) in [6, 6.07) is 6.59. The standard InChI is InChI=1S/C27H29F4N3O3S/c1-37-18-4-5-24-20(15-18)19(23(31)16-32-24)3-2-6-27(26(35)33-36)7-9-34(10-8-27)11-12-38-25-21(29)13-17(28)14-22(25)30/h4-5,13-16,36H,2-3,6-12H2,1H3,(H,33,35). The van der Waals surface area contributed by atoms with Gasteiger partial charge in [0.2, 0.25) is 5.91 Å². The summed E-state index contributed by atoms with van der Waals surface area (Å²) in [6.45, 7) is 1.62. The maximum absolute atomic E-state index is 14.7. The van der Waals surface area contributed by atoms with Crippen LogP contribution in [0, 0.1) is 28.7 Å². The SMILES string of the molecule is COc1ccc2ncc(F)c(CCCC3(C(=O)NO)CCN(CCSc4c(F)cc(F)cc4F)CC3)c2c1. The monoisotopic (exact) mass is 551 g/mol. The normalized spacial score (nSPS) is 15.5. The number of aryl methyl sites for hydroxylation is 1. The lowest BCUT2D eigenvalue weighted by Crippen LogP contribution is -2.48. The molecule has 0 atom stereocenters. The van der Waals surface area contributed by atoms with Gasteiger partial charge in [0.15, 0.2) is 0 Å². The third-order valence-electron chi connectivity index (χ3n) is 7.23. The number of likely N-dealkylation sites (tertiary alicyclic amines) is 1. The number of hydroxylamine groups is 1. The van der Waals surface area contributed by atoms with Crippen LogP contribution in [-0.4, -0.2) is 53.5 Å². The average Bonchev–Trinajstić information content (AvgIpc) is 2.91. The molecule has 1 fully saturated rings. The van der Waals surface area contributed by atoms with Crippen LogP contribution in [0.5, 0.6) is 5.75 Å². The van der Waals surface area contributed by atoms with Crippen LogP contribution >= 0.6 is 11.8 Å². The topological polar surface area (TPSA) is 74.7 Å². The van der Waals surface area contributed by atoms with Crippen molar-refractivity contribution in [1.82, 2.24) is 15.4 Å². The molecule has 2 N–H and O–H groups in total. The van der Waals surface area contributed by atoms with Crippen LogP contribution in [0.3, 0.4) is 0 Å². The van der Waals surface area contributed by atoms with Crippen molar-refractivity contribution in [3.8, 4) is 5.75 Å². The Morgan fingerprint density at radius 3 is 2.50 bits per heavy atom. The lowest BCUT2D eigenvalue weighted by atomic mass is 9.73. The van der Waals surface area contributed by atoms with Crippen LogP contribution in [0.15, 0.2) is 41.4 Å². The van der Waals surface area contributed by atoms with Crippen molar-refractivity contribution < 1.29 is 32.3 Å². The van der Waals surface area contributed by atoms with E-state index in [4.69, 9.17) is 4.74 Å². The van der Waals surface area contributed by atoms with Gasteiger partial charge < -0.3 is 9.64 Å². The number of nitrogens with zero attached hydrogens (tertiary/aromatic N) is 2. The van der Waals surface area contributed by atoms with Crippen LogP contribution in [0.2, 0.25) is 0 Å². The Labute approximate surface area is 222 Å². The van der Waals surface area contributed by atoms with Gasteiger partial charge in [-0.1, -0.05) is 0 Å². The number of benzene rings is 2. The second-order valence-corrected chi connectivity index (χ2v) is 10.5. The molecule has 0 aliphatic carbocycles. The molecule has 0 radical (unpaired) electrons. The lowest BCUT2D eigenvalue weighted by Gasteiger charge is -2.40. The highest BCUT2D eigenvalue weighted by Crippen LogP contribution is 2.38. The zero-order valence-electron chi connectivity index (χ0n) is 20.9. The Balaban J connectivity index is 1.36. The first kappa shape index (κ1) is 28.1. The van der Waals surface area contributed by atoms with E-state index >= 15 is 0 Å². The lowest BCUT2D eigenvalue weighted by molar-refractivity contribution is -0.143. The van der Waals surface area contributed by atoms with Gasteiger partial charge in [-0.05, 0) is 69.0 Å². The maximum atomic E-state index is 14.7. The van der Waals surface area contributed by atoms with Crippen molar-refractivity contribution in [3.05, 3.63) is 65.4 Å². The number of pyridine rings is 1. The van der Waals surface area contributed by atoms with Crippen LogP contribution < -0.4 is 10.2 Å². The van der Waals surface area contributed by atoms with Gasteiger partial charge in [0, 0.05) is 29.8 Å². The van der Waals surface area contributed by atoms with Crippen molar-refractivity contribution >= 4 is 28.6 Å². The average molecular weight is 552 g/mol. The third-order valence-corrected chi connectivity index (χ3v) is 8.29. The summed E-state index contributed by atoms with van der Waals surface area (Å²) in [7, 11) is 1.54. The molecule has 1 aliphatic heterocycles. The van der Waals surface area contributed by atoms with Crippen molar-refractivity contribution in [2.24, 2.45) is 5.41 Å². The minimum absolute atomic E-state index is 0.217. The van der Waals surface area contributed by atoms with E-state index in [2.05, 4.69) is 9.88 Å². The van der Waals surface area contributed by atoms with E-state index in [0.29, 0.717) is 91.8 Å². The molecule has 0 bridgehead atoms. The number of methoxy groups -OCH3 is 1. The number of carbonyl (C=O) groups excluding carboxylic acids is 1. The van der Waals surface area contributed by atoms with Gasteiger partial charge in [0.25, 0.3) is 0 Å². The van der Waals surface area contributed by atoms with Crippen LogP contribution in [-0.2, 0) is 11.2 Å². The zero-order valence-corrected chi connectivity index (χ0v) is 21.7. The van der Waals surface area contributed by atoms with Crippen molar-refractivity contribution in [1.29, 1.82) is 0 Å². The minimum Gasteiger partial charge on any atom is -0.497 e. The van der Waals surface area contributed by atoms with Crippen LogP contribution in [0.25, 0.3) is 10.9 Å². The van der Waals surface area contributed by atoms with E-state index in [1.165, 1.54) is 13.3 Å². The zero-order chi connectivity index (χ0) is 27.3. The number of fused-ring (bicyclic) bond motifs is 1. The molecule has 0 saturated carbocycles. The highest BCUT2D eigenvalue weighted by atomic mass is 32.2. The van der Waals surface area contributed by atoms with Gasteiger partial charge in [-0.3, -0.25) is 15.0 Å². The van der Waals surface area contributed by atoms with Crippen molar-refractivity contribution in [2.75, 3.05) is 32.5 Å². The number of hydrogen-bond acceptors (Lipinski definition) is 6. The first-order valence-corrected chi connectivity index (χ1v) is 13.3. The molecule has 2 aromatic carbocycles. The Morgan fingerprint density at radius 1 is 1.13 bits per heavy atom. The summed E-state index contributed by atoms with van der Waals surface area (Å²) in [5.41, 5.74) is 2.14.